The van der Waals surface area contributed by atoms with Crippen molar-refractivity contribution in [3.63, 3.8) is 0 Å². The van der Waals surface area contributed by atoms with Gasteiger partial charge in [0.05, 0.1) is 24.9 Å². The Labute approximate surface area is 140 Å². The van der Waals surface area contributed by atoms with Crippen molar-refractivity contribution in [2.75, 3.05) is 33.4 Å². The number of aliphatic hydroxyl groups excluding tert-OH is 9. The maximum atomic E-state index is 9.89. The van der Waals surface area contributed by atoms with Crippen LogP contribution in [-0.2, 0) is 0 Å². The molecule has 0 rings (SSSR count). The van der Waals surface area contributed by atoms with Crippen LogP contribution in [0.2, 0.25) is 0 Å². The first-order valence-electron chi connectivity index (χ1n) is 7.73. The van der Waals surface area contributed by atoms with Gasteiger partial charge in [-0.3, -0.25) is 0 Å². The van der Waals surface area contributed by atoms with Gasteiger partial charge in [-0.1, -0.05) is 6.92 Å². The van der Waals surface area contributed by atoms with Crippen LogP contribution in [0.15, 0.2) is 0 Å². The molecule has 0 heterocycles. The molecule has 146 valence electrons. The SMILES string of the molecule is C[C@H](CO)[C@@H](O)[C@H](O)[C@H](O)CN(C)C[C@@H](O)[C@@H](O)[C@H](O)[C@H](O)CO. The van der Waals surface area contributed by atoms with Gasteiger partial charge < -0.3 is 50.9 Å². The maximum absolute atomic E-state index is 9.89. The molecule has 0 aromatic carbocycles. The summed E-state index contributed by atoms with van der Waals surface area (Å²) in [5, 5.41) is 85.3. The van der Waals surface area contributed by atoms with E-state index in [4.69, 9.17) is 10.2 Å². The van der Waals surface area contributed by atoms with Crippen LogP contribution in [0.4, 0.5) is 0 Å². The van der Waals surface area contributed by atoms with E-state index < -0.39 is 55.3 Å². The Hall–Kier alpha value is -0.400. The first-order valence-corrected chi connectivity index (χ1v) is 7.73. The van der Waals surface area contributed by atoms with Crippen LogP contribution >= 0.6 is 0 Å². The van der Waals surface area contributed by atoms with Crippen LogP contribution in [0.5, 0.6) is 0 Å². The maximum Gasteiger partial charge on any atom is 0.111 e. The molecule has 0 aliphatic heterocycles. The summed E-state index contributed by atoms with van der Waals surface area (Å²) in [4.78, 5) is 1.34. The van der Waals surface area contributed by atoms with Crippen LogP contribution in [0, 0.1) is 5.92 Å². The number of hydrogen-bond acceptors (Lipinski definition) is 10. The zero-order valence-electron chi connectivity index (χ0n) is 13.9. The van der Waals surface area contributed by atoms with Gasteiger partial charge in [-0.15, -0.1) is 0 Å². The fourth-order valence-corrected chi connectivity index (χ4v) is 2.16. The molecule has 0 unspecified atom stereocenters. The van der Waals surface area contributed by atoms with Crippen LogP contribution in [0.1, 0.15) is 6.92 Å². The highest BCUT2D eigenvalue weighted by Gasteiger charge is 2.32. The van der Waals surface area contributed by atoms with Gasteiger partial charge in [0.15, 0.2) is 0 Å². The molecular formula is C14H31NO9. The highest BCUT2D eigenvalue weighted by molar-refractivity contribution is 4.84. The fraction of sp³-hybridized carbons (Fsp3) is 1.00. The van der Waals surface area contributed by atoms with E-state index in [2.05, 4.69) is 0 Å². The molecule has 0 fully saturated rings. The Bertz CT molecular complexity index is 305. The summed E-state index contributed by atoms with van der Waals surface area (Å²) in [6, 6.07) is 0. The van der Waals surface area contributed by atoms with Crippen molar-refractivity contribution in [2.45, 2.75) is 49.7 Å². The van der Waals surface area contributed by atoms with E-state index in [0.717, 1.165) is 0 Å². The van der Waals surface area contributed by atoms with Crippen LogP contribution in [0.3, 0.4) is 0 Å². The second-order valence-electron chi connectivity index (χ2n) is 6.23. The minimum Gasteiger partial charge on any atom is -0.396 e. The van der Waals surface area contributed by atoms with Gasteiger partial charge in [0.25, 0.3) is 0 Å². The van der Waals surface area contributed by atoms with Gasteiger partial charge in [0.1, 0.15) is 24.4 Å². The molecule has 0 saturated carbocycles. The van der Waals surface area contributed by atoms with Crippen LogP contribution < -0.4 is 0 Å². The largest absolute Gasteiger partial charge is 0.396 e. The monoisotopic (exact) mass is 357 g/mol. The lowest BCUT2D eigenvalue weighted by molar-refractivity contribution is -0.122. The average molecular weight is 357 g/mol. The minimum absolute atomic E-state index is 0.168. The van der Waals surface area contributed by atoms with Crippen molar-refractivity contribution >= 4 is 0 Å². The number of nitrogens with zero attached hydrogens (tertiary/aromatic N) is 1. The summed E-state index contributed by atoms with van der Waals surface area (Å²) < 4.78 is 0. The van der Waals surface area contributed by atoms with E-state index in [1.165, 1.54) is 18.9 Å². The molecule has 10 heteroatoms. The summed E-state index contributed by atoms with van der Waals surface area (Å²) in [7, 11) is 1.46. The third-order valence-electron chi connectivity index (χ3n) is 3.94. The molecule has 0 spiro atoms. The highest BCUT2D eigenvalue weighted by atomic mass is 16.4. The third kappa shape index (κ3) is 7.23. The summed E-state index contributed by atoms with van der Waals surface area (Å²) in [5.41, 5.74) is 0. The molecule has 9 N–H and O–H groups in total. The number of likely N-dealkylation sites (N-methyl/N-ethyl adjacent to an activating group) is 1. The lowest BCUT2D eigenvalue weighted by Crippen LogP contribution is -2.51. The van der Waals surface area contributed by atoms with Crippen molar-refractivity contribution < 1.29 is 46.0 Å². The lowest BCUT2D eigenvalue weighted by Gasteiger charge is -2.31. The molecule has 0 aromatic rings. The zero-order chi connectivity index (χ0) is 19.0. The smallest absolute Gasteiger partial charge is 0.111 e. The highest BCUT2D eigenvalue weighted by Crippen LogP contribution is 2.12. The molecule has 8 atom stereocenters. The lowest BCUT2D eigenvalue weighted by atomic mass is 9.96. The molecule has 0 saturated heterocycles. The molecule has 10 nitrogen and oxygen atoms in total. The van der Waals surface area contributed by atoms with Gasteiger partial charge >= 0.3 is 0 Å². The Morgan fingerprint density at radius 2 is 1.00 bits per heavy atom. The molecule has 0 aliphatic rings. The molecule has 0 aliphatic carbocycles. The Kier molecular flexibility index (Phi) is 11.1. The number of hydrogen-bond donors (Lipinski definition) is 9. The molecule has 0 amide bonds. The summed E-state index contributed by atoms with van der Waals surface area (Å²) in [6.45, 7) is -0.0354. The number of aliphatic hydroxyl groups is 9. The Balaban J connectivity index is 4.48. The molecule has 0 bridgehead atoms. The van der Waals surface area contributed by atoms with Crippen LogP contribution in [0.25, 0.3) is 0 Å². The average Bonchev–Trinajstić information content (AvgIpc) is 2.56. The third-order valence-corrected chi connectivity index (χ3v) is 3.94. The fourth-order valence-electron chi connectivity index (χ4n) is 2.16. The van der Waals surface area contributed by atoms with E-state index in [-0.39, 0.29) is 19.7 Å². The Morgan fingerprint density at radius 1 is 0.625 bits per heavy atom. The second-order valence-corrected chi connectivity index (χ2v) is 6.23. The van der Waals surface area contributed by atoms with Crippen molar-refractivity contribution in [2.24, 2.45) is 5.92 Å². The summed E-state index contributed by atoms with van der Waals surface area (Å²) >= 11 is 0. The predicted molar refractivity (Wildman–Crippen MR) is 82.9 cm³/mol. The van der Waals surface area contributed by atoms with Gasteiger partial charge in [0, 0.05) is 25.6 Å². The van der Waals surface area contributed by atoms with Gasteiger partial charge in [-0.2, -0.15) is 0 Å². The first-order chi connectivity index (χ1) is 11.1. The topological polar surface area (TPSA) is 185 Å². The first kappa shape index (κ1) is 23.6. The molecular weight excluding hydrogens is 326 g/mol. The standard InChI is InChI=1S/C14H31NO9/c1-7(5-16)11(21)12(22)8(18)3-15(2)4-9(19)13(23)14(24)10(20)6-17/h7-14,16-24H,3-6H2,1-2H3/t7-,8-,9-,10-,11-,12-,13-,14-/m1/s1. The van der Waals surface area contributed by atoms with Crippen LogP contribution in [-0.4, -0.2) is 127 Å². The van der Waals surface area contributed by atoms with E-state index in [9.17, 15) is 35.7 Å². The van der Waals surface area contributed by atoms with E-state index >= 15 is 0 Å². The normalized spacial score (nSPS) is 22.5. The van der Waals surface area contributed by atoms with E-state index in [0.29, 0.717) is 0 Å². The second kappa shape index (κ2) is 11.3. The van der Waals surface area contributed by atoms with Crippen molar-refractivity contribution in [1.29, 1.82) is 0 Å². The minimum atomic E-state index is -1.75. The van der Waals surface area contributed by atoms with Crippen molar-refractivity contribution in [1.82, 2.24) is 4.90 Å². The quantitative estimate of drug-likeness (QED) is 0.164. The molecule has 0 aromatic heterocycles. The molecule has 24 heavy (non-hydrogen) atoms. The molecule has 0 radical (unpaired) electrons. The van der Waals surface area contributed by atoms with Crippen molar-refractivity contribution in [3.8, 4) is 0 Å². The summed E-state index contributed by atoms with van der Waals surface area (Å²) in [5.74, 6) is -0.637. The van der Waals surface area contributed by atoms with E-state index in [1.54, 1.807) is 0 Å². The zero-order valence-corrected chi connectivity index (χ0v) is 13.9. The Morgan fingerprint density at radius 3 is 1.38 bits per heavy atom. The van der Waals surface area contributed by atoms with Gasteiger partial charge in [-0.05, 0) is 7.05 Å². The van der Waals surface area contributed by atoms with Gasteiger partial charge in [0.2, 0.25) is 0 Å². The predicted octanol–water partition coefficient (Wildman–Crippen LogP) is -4.93. The summed E-state index contributed by atoms with van der Waals surface area (Å²) in [6.07, 6.45) is -10.8. The van der Waals surface area contributed by atoms with Gasteiger partial charge in [-0.25, -0.2) is 0 Å². The number of rotatable bonds is 12. The van der Waals surface area contributed by atoms with E-state index in [1.807, 2.05) is 0 Å². The van der Waals surface area contributed by atoms with Crippen molar-refractivity contribution in [3.05, 3.63) is 0 Å².